The lowest BCUT2D eigenvalue weighted by Crippen LogP contribution is -2.52. The van der Waals surface area contributed by atoms with Gasteiger partial charge in [0, 0.05) is 13.3 Å². The summed E-state index contributed by atoms with van der Waals surface area (Å²) < 4.78 is 17.7. The highest BCUT2D eigenvalue weighted by atomic mass is 28.4. The standard InChI is InChI=1S/C16H32O4Si/c1-12(2)21(13(3)4,14(5)6)19-11-16(20-15(7)17)9-8-10-18-16/h12-14H,8-11H2,1-7H3. The maximum absolute atomic E-state index is 11.4. The maximum Gasteiger partial charge on any atom is 0.305 e. The Hall–Kier alpha value is -0.393. The Balaban J connectivity index is 2.91. The molecule has 1 aliphatic heterocycles. The van der Waals surface area contributed by atoms with Gasteiger partial charge in [0.2, 0.25) is 14.1 Å². The molecular weight excluding hydrogens is 284 g/mol. The van der Waals surface area contributed by atoms with Crippen LogP contribution < -0.4 is 0 Å². The fourth-order valence-electron chi connectivity index (χ4n) is 3.89. The van der Waals surface area contributed by atoms with Crippen molar-refractivity contribution < 1.29 is 18.7 Å². The van der Waals surface area contributed by atoms with E-state index in [-0.39, 0.29) is 5.97 Å². The highest BCUT2D eigenvalue weighted by Gasteiger charge is 2.48. The van der Waals surface area contributed by atoms with Crippen LogP contribution in [0.4, 0.5) is 0 Å². The Morgan fingerprint density at radius 1 is 1.14 bits per heavy atom. The molecule has 0 aliphatic carbocycles. The number of carbonyl (C=O) groups is 1. The Morgan fingerprint density at radius 2 is 1.67 bits per heavy atom. The van der Waals surface area contributed by atoms with Gasteiger partial charge in [0.05, 0.1) is 13.2 Å². The summed E-state index contributed by atoms with van der Waals surface area (Å²) in [6.45, 7) is 15.9. The van der Waals surface area contributed by atoms with E-state index in [2.05, 4.69) is 41.5 Å². The molecule has 21 heavy (non-hydrogen) atoms. The molecule has 0 bridgehead atoms. The van der Waals surface area contributed by atoms with Crippen LogP contribution in [0.25, 0.3) is 0 Å². The molecule has 1 rings (SSSR count). The van der Waals surface area contributed by atoms with Crippen LogP contribution in [0.15, 0.2) is 0 Å². The van der Waals surface area contributed by atoms with Crippen molar-refractivity contribution in [2.75, 3.05) is 13.2 Å². The maximum atomic E-state index is 11.4. The van der Waals surface area contributed by atoms with Crippen LogP contribution in [-0.4, -0.2) is 33.3 Å². The summed E-state index contributed by atoms with van der Waals surface area (Å²) in [6, 6.07) is 0. The van der Waals surface area contributed by atoms with Gasteiger partial charge in [0.15, 0.2) is 0 Å². The third-order valence-electron chi connectivity index (χ3n) is 4.65. The minimum atomic E-state index is -1.96. The molecule has 0 aromatic carbocycles. The molecule has 0 aromatic rings. The molecule has 1 unspecified atom stereocenters. The second kappa shape index (κ2) is 7.25. The first-order valence-electron chi connectivity index (χ1n) is 8.14. The van der Waals surface area contributed by atoms with E-state index in [0.29, 0.717) is 29.8 Å². The molecule has 0 N–H and O–H groups in total. The molecule has 124 valence electrons. The topological polar surface area (TPSA) is 44.8 Å². The first-order valence-corrected chi connectivity index (χ1v) is 10.3. The van der Waals surface area contributed by atoms with Crippen LogP contribution in [0.1, 0.15) is 61.3 Å². The van der Waals surface area contributed by atoms with E-state index in [1.54, 1.807) is 0 Å². The van der Waals surface area contributed by atoms with Crippen LogP contribution in [-0.2, 0) is 18.7 Å². The van der Waals surface area contributed by atoms with Crippen molar-refractivity contribution in [1.82, 2.24) is 0 Å². The zero-order valence-corrected chi connectivity index (χ0v) is 15.7. The van der Waals surface area contributed by atoms with Gasteiger partial charge in [-0.25, -0.2) is 0 Å². The van der Waals surface area contributed by atoms with Crippen molar-refractivity contribution in [3.63, 3.8) is 0 Å². The van der Waals surface area contributed by atoms with Crippen molar-refractivity contribution >= 4 is 14.3 Å². The third-order valence-corrected chi connectivity index (χ3v) is 10.7. The number of rotatable bonds is 7. The molecular formula is C16H32O4Si. The fraction of sp³-hybridized carbons (Fsp3) is 0.938. The molecule has 0 spiro atoms. The van der Waals surface area contributed by atoms with E-state index in [0.717, 1.165) is 12.8 Å². The lowest BCUT2D eigenvalue weighted by Gasteiger charge is -2.44. The average Bonchev–Trinajstić information content (AvgIpc) is 2.76. The van der Waals surface area contributed by atoms with Crippen LogP contribution in [0.5, 0.6) is 0 Å². The van der Waals surface area contributed by atoms with E-state index in [4.69, 9.17) is 13.9 Å². The summed E-state index contributed by atoms with van der Waals surface area (Å²) in [5.41, 5.74) is 1.52. The highest BCUT2D eigenvalue weighted by molar-refractivity contribution is 6.77. The predicted octanol–water partition coefficient (Wildman–Crippen LogP) is 4.25. The average molecular weight is 317 g/mol. The van der Waals surface area contributed by atoms with E-state index < -0.39 is 14.1 Å². The van der Waals surface area contributed by atoms with E-state index >= 15 is 0 Å². The summed E-state index contributed by atoms with van der Waals surface area (Å²) in [4.78, 5) is 11.4. The van der Waals surface area contributed by atoms with Crippen molar-refractivity contribution in [2.45, 2.75) is 83.7 Å². The number of hydrogen-bond donors (Lipinski definition) is 0. The number of esters is 1. The fourth-order valence-corrected chi connectivity index (χ4v) is 9.36. The monoisotopic (exact) mass is 316 g/mol. The number of carbonyl (C=O) groups excluding carboxylic acids is 1. The van der Waals surface area contributed by atoms with Crippen LogP contribution in [0, 0.1) is 0 Å². The summed E-state index contributed by atoms with van der Waals surface area (Å²) in [5, 5.41) is 0. The Kier molecular flexibility index (Phi) is 6.44. The normalized spacial score (nSPS) is 23.3. The molecule has 1 aliphatic rings. The summed E-state index contributed by atoms with van der Waals surface area (Å²) in [7, 11) is -1.96. The minimum Gasteiger partial charge on any atom is -0.431 e. The smallest absolute Gasteiger partial charge is 0.305 e. The highest BCUT2D eigenvalue weighted by Crippen LogP contribution is 2.43. The van der Waals surface area contributed by atoms with Gasteiger partial charge in [-0.2, -0.15) is 0 Å². The molecule has 0 aromatic heterocycles. The quantitative estimate of drug-likeness (QED) is 0.520. The molecule has 0 amide bonds. The van der Waals surface area contributed by atoms with Gasteiger partial charge in [-0.1, -0.05) is 41.5 Å². The van der Waals surface area contributed by atoms with Gasteiger partial charge < -0.3 is 13.9 Å². The van der Waals surface area contributed by atoms with E-state index in [9.17, 15) is 4.79 Å². The van der Waals surface area contributed by atoms with Crippen LogP contribution >= 0.6 is 0 Å². The lowest BCUT2D eigenvalue weighted by atomic mass is 10.2. The van der Waals surface area contributed by atoms with Gasteiger partial charge in [0.25, 0.3) is 0 Å². The van der Waals surface area contributed by atoms with Crippen molar-refractivity contribution in [3.05, 3.63) is 0 Å². The summed E-state index contributed by atoms with van der Waals surface area (Å²) >= 11 is 0. The zero-order valence-electron chi connectivity index (χ0n) is 14.7. The Morgan fingerprint density at radius 3 is 2.00 bits per heavy atom. The zero-order chi connectivity index (χ0) is 16.3. The molecule has 1 atom stereocenters. The van der Waals surface area contributed by atoms with Crippen molar-refractivity contribution in [3.8, 4) is 0 Å². The second-order valence-electron chi connectivity index (χ2n) is 7.06. The van der Waals surface area contributed by atoms with Gasteiger partial charge >= 0.3 is 5.97 Å². The molecule has 1 heterocycles. The van der Waals surface area contributed by atoms with Crippen molar-refractivity contribution in [1.29, 1.82) is 0 Å². The first kappa shape index (κ1) is 18.7. The Bertz CT molecular complexity index is 324. The van der Waals surface area contributed by atoms with E-state index in [1.165, 1.54) is 6.92 Å². The molecule has 1 saturated heterocycles. The molecule has 4 nitrogen and oxygen atoms in total. The van der Waals surface area contributed by atoms with E-state index in [1.807, 2.05) is 0 Å². The number of ether oxygens (including phenoxy) is 2. The van der Waals surface area contributed by atoms with Gasteiger partial charge in [0.1, 0.15) is 0 Å². The van der Waals surface area contributed by atoms with Gasteiger partial charge in [-0.15, -0.1) is 0 Å². The van der Waals surface area contributed by atoms with Crippen molar-refractivity contribution in [2.24, 2.45) is 0 Å². The molecule has 1 fully saturated rings. The predicted molar refractivity (Wildman–Crippen MR) is 86.7 cm³/mol. The van der Waals surface area contributed by atoms with Crippen LogP contribution in [0.3, 0.4) is 0 Å². The Labute approximate surface area is 130 Å². The summed E-state index contributed by atoms with van der Waals surface area (Å²) in [5.74, 6) is -1.16. The summed E-state index contributed by atoms with van der Waals surface area (Å²) in [6.07, 6.45) is 1.64. The molecule has 0 radical (unpaired) electrons. The first-order chi connectivity index (χ1) is 9.66. The van der Waals surface area contributed by atoms with Gasteiger partial charge in [-0.05, 0) is 23.0 Å². The second-order valence-corrected chi connectivity index (χ2v) is 12.5. The number of hydrogen-bond acceptors (Lipinski definition) is 4. The largest absolute Gasteiger partial charge is 0.431 e. The molecule has 0 saturated carbocycles. The molecule has 5 heteroatoms. The van der Waals surface area contributed by atoms with Gasteiger partial charge in [-0.3, -0.25) is 4.79 Å². The third kappa shape index (κ3) is 4.08. The van der Waals surface area contributed by atoms with Crippen LogP contribution in [0.2, 0.25) is 16.6 Å². The minimum absolute atomic E-state index is 0.300. The lowest BCUT2D eigenvalue weighted by molar-refractivity contribution is -0.223. The SMILES string of the molecule is CC(=O)OC1(CO[Si](C(C)C)(C(C)C)C(C)C)CCCO1.